The Kier molecular flexibility index (Phi) is 3.81. The predicted octanol–water partition coefficient (Wildman–Crippen LogP) is 2.00. The van der Waals surface area contributed by atoms with Gasteiger partial charge in [-0.2, -0.15) is 0 Å². The number of aromatic nitrogens is 1. The van der Waals surface area contributed by atoms with Gasteiger partial charge < -0.3 is 20.3 Å². The number of ether oxygens (including phenoxy) is 1. The van der Waals surface area contributed by atoms with E-state index in [2.05, 4.69) is 26.9 Å². The number of nitrogens with zero attached hydrogens (tertiary/aromatic N) is 3. The van der Waals surface area contributed by atoms with Gasteiger partial charge >= 0.3 is 0 Å². The lowest BCUT2D eigenvalue weighted by atomic mass is 10.2. The number of piperazine rings is 1. The molecule has 5 nitrogen and oxygen atoms in total. The van der Waals surface area contributed by atoms with Crippen molar-refractivity contribution in [2.45, 2.75) is 0 Å². The Bertz CT molecular complexity index is 591. The van der Waals surface area contributed by atoms with Crippen LogP contribution in [0.15, 0.2) is 42.6 Å². The molecular weight excluding hydrogens is 264 g/mol. The molecule has 0 spiro atoms. The van der Waals surface area contributed by atoms with Gasteiger partial charge in [-0.15, -0.1) is 0 Å². The number of benzene rings is 1. The van der Waals surface area contributed by atoms with Crippen molar-refractivity contribution in [1.29, 1.82) is 0 Å². The molecule has 1 aromatic carbocycles. The zero-order valence-corrected chi connectivity index (χ0v) is 12.2. The maximum Gasteiger partial charge on any atom is 0.132 e. The van der Waals surface area contributed by atoms with Gasteiger partial charge in [-0.3, -0.25) is 0 Å². The molecule has 2 heterocycles. The predicted molar refractivity (Wildman–Crippen MR) is 86.1 cm³/mol. The van der Waals surface area contributed by atoms with Crippen LogP contribution in [-0.4, -0.2) is 38.3 Å². The molecule has 3 rings (SSSR count). The Balaban J connectivity index is 1.65. The highest BCUT2D eigenvalue weighted by Gasteiger charge is 2.18. The minimum atomic E-state index is 0.804. The average Bonchev–Trinajstić information content (AvgIpc) is 2.56. The van der Waals surface area contributed by atoms with Gasteiger partial charge in [0.1, 0.15) is 11.6 Å². The van der Waals surface area contributed by atoms with Gasteiger partial charge in [0.05, 0.1) is 7.11 Å². The number of rotatable bonds is 3. The molecule has 2 aromatic rings. The van der Waals surface area contributed by atoms with Crippen LogP contribution >= 0.6 is 0 Å². The van der Waals surface area contributed by atoms with Crippen molar-refractivity contribution in [3.63, 3.8) is 0 Å². The highest BCUT2D eigenvalue weighted by Crippen LogP contribution is 2.22. The molecule has 1 aromatic heterocycles. The van der Waals surface area contributed by atoms with Crippen molar-refractivity contribution in [3.8, 4) is 5.75 Å². The van der Waals surface area contributed by atoms with E-state index in [0.29, 0.717) is 0 Å². The monoisotopic (exact) mass is 284 g/mol. The lowest BCUT2D eigenvalue weighted by molar-refractivity contribution is 0.414. The number of methoxy groups -OCH3 is 1. The summed E-state index contributed by atoms with van der Waals surface area (Å²) in [7, 11) is 1.68. The van der Waals surface area contributed by atoms with Gasteiger partial charge in [0, 0.05) is 49.8 Å². The van der Waals surface area contributed by atoms with E-state index in [1.165, 1.54) is 5.69 Å². The first kappa shape index (κ1) is 13.5. The molecule has 2 N–H and O–H groups in total. The summed E-state index contributed by atoms with van der Waals surface area (Å²) in [5, 5.41) is 0. The highest BCUT2D eigenvalue weighted by molar-refractivity contribution is 5.54. The van der Waals surface area contributed by atoms with Crippen molar-refractivity contribution in [2.24, 2.45) is 0 Å². The number of hydrogen-bond acceptors (Lipinski definition) is 5. The fourth-order valence-corrected chi connectivity index (χ4v) is 2.58. The Morgan fingerprint density at radius 2 is 1.67 bits per heavy atom. The second-order valence-electron chi connectivity index (χ2n) is 5.12. The molecule has 21 heavy (non-hydrogen) atoms. The van der Waals surface area contributed by atoms with Gasteiger partial charge in [0.15, 0.2) is 0 Å². The van der Waals surface area contributed by atoms with Crippen molar-refractivity contribution in [3.05, 3.63) is 42.6 Å². The van der Waals surface area contributed by atoms with Crippen molar-refractivity contribution >= 4 is 17.2 Å². The number of nitrogens with two attached hydrogens (primary N) is 1. The van der Waals surface area contributed by atoms with Crippen LogP contribution in [0, 0.1) is 0 Å². The van der Waals surface area contributed by atoms with Crippen LogP contribution in [0.4, 0.5) is 17.2 Å². The summed E-state index contributed by atoms with van der Waals surface area (Å²) >= 11 is 0. The van der Waals surface area contributed by atoms with E-state index in [4.69, 9.17) is 10.5 Å². The normalized spacial score (nSPS) is 15.1. The van der Waals surface area contributed by atoms with Crippen LogP contribution in [0.25, 0.3) is 0 Å². The van der Waals surface area contributed by atoms with Crippen LogP contribution in [0.2, 0.25) is 0 Å². The van der Waals surface area contributed by atoms with Gasteiger partial charge in [-0.05, 0) is 30.3 Å². The minimum absolute atomic E-state index is 0.804. The third-order valence-corrected chi connectivity index (χ3v) is 3.81. The van der Waals surface area contributed by atoms with Crippen molar-refractivity contribution in [1.82, 2.24) is 4.98 Å². The molecule has 0 atom stereocenters. The van der Waals surface area contributed by atoms with Crippen LogP contribution < -0.4 is 20.3 Å². The molecule has 0 amide bonds. The van der Waals surface area contributed by atoms with E-state index in [0.717, 1.165) is 43.4 Å². The molecule has 1 aliphatic heterocycles. The second-order valence-corrected chi connectivity index (χ2v) is 5.12. The van der Waals surface area contributed by atoms with E-state index in [-0.39, 0.29) is 0 Å². The van der Waals surface area contributed by atoms with E-state index in [1.807, 2.05) is 24.3 Å². The maximum absolute atomic E-state index is 5.73. The SMILES string of the molecule is COc1ccnc(N2CCN(c3ccc(N)cc3)CC2)c1. The number of nitrogen functional groups attached to an aromatic ring is 1. The van der Waals surface area contributed by atoms with Crippen LogP contribution in [0.3, 0.4) is 0 Å². The molecule has 1 saturated heterocycles. The third kappa shape index (κ3) is 3.02. The van der Waals surface area contributed by atoms with E-state index in [9.17, 15) is 0 Å². The Labute approximate surface area is 125 Å². The summed E-state index contributed by atoms with van der Waals surface area (Å²) in [5.74, 6) is 1.83. The molecule has 0 bridgehead atoms. The summed E-state index contributed by atoms with van der Waals surface area (Å²) in [4.78, 5) is 9.09. The molecule has 1 fully saturated rings. The number of hydrogen-bond donors (Lipinski definition) is 1. The zero-order valence-electron chi connectivity index (χ0n) is 12.2. The largest absolute Gasteiger partial charge is 0.497 e. The molecule has 1 aliphatic rings. The van der Waals surface area contributed by atoms with Crippen LogP contribution in [-0.2, 0) is 0 Å². The first-order valence-corrected chi connectivity index (χ1v) is 7.12. The fraction of sp³-hybridized carbons (Fsp3) is 0.312. The summed E-state index contributed by atoms with van der Waals surface area (Å²) in [6.45, 7) is 3.85. The number of anilines is 3. The van der Waals surface area contributed by atoms with Gasteiger partial charge in [-0.1, -0.05) is 0 Å². The smallest absolute Gasteiger partial charge is 0.132 e. The molecule has 0 aliphatic carbocycles. The van der Waals surface area contributed by atoms with Crippen LogP contribution in [0.1, 0.15) is 0 Å². The lowest BCUT2D eigenvalue weighted by Crippen LogP contribution is -2.46. The Hall–Kier alpha value is -2.43. The molecule has 0 radical (unpaired) electrons. The van der Waals surface area contributed by atoms with E-state index < -0.39 is 0 Å². The van der Waals surface area contributed by atoms with E-state index in [1.54, 1.807) is 13.3 Å². The zero-order chi connectivity index (χ0) is 14.7. The fourth-order valence-electron chi connectivity index (χ4n) is 2.58. The van der Waals surface area contributed by atoms with Gasteiger partial charge in [0.25, 0.3) is 0 Å². The highest BCUT2D eigenvalue weighted by atomic mass is 16.5. The molecule has 110 valence electrons. The molecule has 0 unspecified atom stereocenters. The van der Waals surface area contributed by atoms with E-state index >= 15 is 0 Å². The Morgan fingerprint density at radius 3 is 2.33 bits per heavy atom. The summed E-state index contributed by atoms with van der Waals surface area (Å²) in [6.07, 6.45) is 1.79. The molecule has 5 heteroatoms. The van der Waals surface area contributed by atoms with Crippen molar-refractivity contribution < 1.29 is 4.74 Å². The lowest BCUT2D eigenvalue weighted by Gasteiger charge is -2.36. The minimum Gasteiger partial charge on any atom is -0.497 e. The van der Waals surface area contributed by atoms with Crippen molar-refractivity contribution in [2.75, 3.05) is 48.8 Å². The summed E-state index contributed by atoms with van der Waals surface area (Å²) in [5.41, 5.74) is 7.76. The quantitative estimate of drug-likeness (QED) is 0.874. The first-order valence-electron chi connectivity index (χ1n) is 7.12. The first-order chi connectivity index (χ1) is 10.3. The third-order valence-electron chi connectivity index (χ3n) is 3.81. The second kappa shape index (κ2) is 5.91. The maximum atomic E-state index is 5.73. The summed E-state index contributed by atoms with van der Waals surface area (Å²) in [6, 6.07) is 11.9. The van der Waals surface area contributed by atoms with Gasteiger partial charge in [0.2, 0.25) is 0 Å². The average molecular weight is 284 g/mol. The Morgan fingerprint density at radius 1 is 1.00 bits per heavy atom. The van der Waals surface area contributed by atoms with Crippen LogP contribution in [0.5, 0.6) is 5.75 Å². The van der Waals surface area contributed by atoms with Gasteiger partial charge in [-0.25, -0.2) is 4.98 Å². The topological polar surface area (TPSA) is 54.6 Å². The number of pyridine rings is 1. The summed E-state index contributed by atoms with van der Waals surface area (Å²) < 4.78 is 5.26. The standard InChI is InChI=1S/C16H20N4O/c1-21-15-6-7-18-16(12-15)20-10-8-19(9-11-20)14-4-2-13(17)3-5-14/h2-7,12H,8-11,17H2,1H3. The molecule has 0 saturated carbocycles. The molecular formula is C16H20N4O.